The lowest BCUT2D eigenvalue weighted by molar-refractivity contribution is -0.154. The number of hydrogen-bond acceptors (Lipinski definition) is 6. The van der Waals surface area contributed by atoms with E-state index >= 15 is 0 Å². The minimum absolute atomic E-state index is 0.162. The van der Waals surface area contributed by atoms with E-state index in [-0.39, 0.29) is 23.9 Å². The Bertz CT molecular complexity index is 897. The lowest BCUT2D eigenvalue weighted by Crippen LogP contribution is -2.19. The molecule has 0 aromatic carbocycles. The van der Waals surface area contributed by atoms with Crippen molar-refractivity contribution in [1.82, 2.24) is 24.8 Å². The molecule has 3 heterocycles. The van der Waals surface area contributed by atoms with Gasteiger partial charge in [-0.3, -0.25) is 0 Å². The molecule has 0 aliphatic rings. The maximum Gasteiger partial charge on any atom is 0.422 e. The molecule has 3 aromatic heterocycles. The van der Waals surface area contributed by atoms with E-state index in [2.05, 4.69) is 30.3 Å². The van der Waals surface area contributed by atoms with Gasteiger partial charge in [0.25, 0.3) is 6.43 Å². The van der Waals surface area contributed by atoms with Gasteiger partial charge < -0.3 is 10.1 Å². The molecule has 0 fully saturated rings. The van der Waals surface area contributed by atoms with Gasteiger partial charge in [-0.25, -0.2) is 13.8 Å². The maximum atomic E-state index is 12.8. The number of halogens is 5. The van der Waals surface area contributed by atoms with Crippen LogP contribution in [-0.2, 0) is 6.54 Å². The fraction of sp³-hybridized carbons (Fsp3) is 0.286. The van der Waals surface area contributed by atoms with E-state index in [1.54, 1.807) is 6.07 Å². The van der Waals surface area contributed by atoms with Crippen LogP contribution in [0.2, 0.25) is 0 Å². The van der Waals surface area contributed by atoms with E-state index in [1.807, 2.05) is 0 Å². The number of anilines is 1. The fourth-order valence-electron chi connectivity index (χ4n) is 2.02. The van der Waals surface area contributed by atoms with Gasteiger partial charge in [0.05, 0.1) is 0 Å². The molecule has 138 valence electrons. The molecule has 0 saturated heterocycles. The summed E-state index contributed by atoms with van der Waals surface area (Å²) in [4.78, 5) is 3.69. The van der Waals surface area contributed by atoms with Gasteiger partial charge in [-0.1, -0.05) is 0 Å². The quantitative estimate of drug-likeness (QED) is 0.669. The molecule has 0 atom stereocenters. The van der Waals surface area contributed by atoms with Crippen molar-refractivity contribution < 1.29 is 26.7 Å². The predicted octanol–water partition coefficient (Wildman–Crippen LogP) is 3.01. The monoisotopic (exact) mass is 374 g/mol. The van der Waals surface area contributed by atoms with Crippen molar-refractivity contribution >= 4 is 11.5 Å². The Morgan fingerprint density at radius 3 is 2.69 bits per heavy atom. The highest BCUT2D eigenvalue weighted by molar-refractivity contribution is 5.44. The first-order chi connectivity index (χ1) is 12.3. The van der Waals surface area contributed by atoms with Crippen molar-refractivity contribution in [2.24, 2.45) is 0 Å². The van der Waals surface area contributed by atoms with E-state index in [0.717, 1.165) is 4.52 Å². The van der Waals surface area contributed by atoms with Crippen LogP contribution < -0.4 is 10.1 Å². The number of rotatable bonds is 6. The van der Waals surface area contributed by atoms with E-state index < -0.39 is 25.0 Å². The molecule has 0 saturated carbocycles. The number of fused-ring (bicyclic) bond motifs is 1. The van der Waals surface area contributed by atoms with Gasteiger partial charge >= 0.3 is 6.18 Å². The first-order valence-electron chi connectivity index (χ1n) is 7.21. The largest absolute Gasteiger partial charge is 0.468 e. The summed E-state index contributed by atoms with van der Waals surface area (Å²) in [6.45, 7) is -1.28. The zero-order valence-electron chi connectivity index (χ0n) is 12.9. The van der Waals surface area contributed by atoms with Crippen molar-refractivity contribution in [3.63, 3.8) is 0 Å². The zero-order valence-corrected chi connectivity index (χ0v) is 12.9. The molecule has 12 heteroatoms. The number of aromatic nitrogens is 5. The van der Waals surface area contributed by atoms with E-state index in [1.165, 1.54) is 24.4 Å². The van der Waals surface area contributed by atoms with Gasteiger partial charge in [-0.05, 0) is 23.8 Å². The molecule has 1 N–H and O–H groups in total. The van der Waals surface area contributed by atoms with Crippen molar-refractivity contribution in [1.29, 1.82) is 0 Å². The highest BCUT2D eigenvalue weighted by Crippen LogP contribution is 2.19. The Morgan fingerprint density at radius 1 is 1.15 bits per heavy atom. The highest BCUT2D eigenvalue weighted by Gasteiger charge is 2.28. The molecule has 0 bridgehead atoms. The van der Waals surface area contributed by atoms with Crippen LogP contribution in [0.5, 0.6) is 5.88 Å². The van der Waals surface area contributed by atoms with Crippen LogP contribution in [-0.4, -0.2) is 37.6 Å². The summed E-state index contributed by atoms with van der Waals surface area (Å²) in [5.41, 5.74) is 0.731. The summed E-state index contributed by atoms with van der Waals surface area (Å²) in [6.07, 6.45) is -5.99. The summed E-state index contributed by atoms with van der Waals surface area (Å²) in [5.74, 6) is -0.506. The zero-order chi connectivity index (χ0) is 18.7. The summed E-state index contributed by atoms with van der Waals surface area (Å²) in [5, 5.41) is 13.8. The summed E-state index contributed by atoms with van der Waals surface area (Å²) in [6, 6.07) is 5.87. The molecule has 3 aromatic rings. The van der Waals surface area contributed by atoms with Gasteiger partial charge in [0.1, 0.15) is 5.82 Å². The minimum atomic E-state index is -4.46. The lowest BCUT2D eigenvalue weighted by atomic mass is 10.2. The SMILES string of the molecule is FC(F)c1nnc2ccc(NCc3ccnc(OCC(F)(F)F)c3)nn12. The number of alkyl halides is 5. The number of hydrogen-bond donors (Lipinski definition) is 1. The molecule has 0 radical (unpaired) electrons. The van der Waals surface area contributed by atoms with Crippen molar-refractivity contribution in [2.45, 2.75) is 19.1 Å². The number of nitrogens with zero attached hydrogens (tertiary/aromatic N) is 5. The molecule has 0 spiro atoms. The van der Waals surface area contributed by atoms with Crippen LogP contribution in [0.15, 0.2) is 30.5 Å². The summed E-state index contributed by atoms with van der Waals surface area (Å²) >= 11 is 0. The van der Waals surface area contributed by atoms with Gasteiger partial charge in [0.15, 0.2) is 12.3 Å². The van der Waals surface area contributed by atoms with Crippen molar-refractivity contribution in [2.75, 3.05) is 11.9 Å². The van der Waals surface area contributed by atoms with Crippen LogP contribution in [0.4, 0.5) is 27.8 Å². The summed E-state index contributed by atoms with van der Waals surface area (Å²) < 4.78 is 67.6. The van der Waals surface area contributed by atoms with E-state index in [9.17, 15) is 22.0 Å². The average Bonchev–Trinajstić information content (AvgIpc) is 3.01. The molecule has 0 unspecified atom stereocenters. The second-order valence-electron chi connectivity index (χ2n) is 5.11. The van der Waals surface area contributed by atoms with Crippen molar-refractivity contribution in [3.8, 4) is 5.88 Å². The summed E-state index contributed by atoms with van der Waals surface area (Å²) in [7, 11) is 0. The molecule has 7 nitrogen and oxygen atoms in total. The molecular formula is C14H11F5N6O. The van der Waals surface area contributed by atoms with E-state index in [0.29, 0.717) is 5.56 Å². The molecule has 3 rings (SSSR count). The topological polar surface area (TPSA) is 77.2 Å². The third-order valence-electron chi connectivity index (χ3n) is 3.14. The molecule has 26 heavy (non-hydrogen) atoms. The first kappa shape index (κ1) is 17.8. The molecule has 0 aliphatic heterocycles. The van der Waals surface area contributed by atoms with E-state index in [4.69, 9.17) is 0 Å². The molecule has 0 amide bonds. The average molecular weight is 374 g/mol. The van der Waals surface area contributed by atoms with Crippen LogP contribution in [0, 0.1) is 0 Å². The third kappa shape index (κ3) is 4.32. The first-order valence-corrected chi connectivity index (χ1v) is 7.21. The van der Waals surface area contributed by atoms with Gasteiger partial charge in [0.2, 0.25) is 11.7 Å². The number of pyridine rings is 1. The van der Waals surface area contributed by atoms with Gasteiger partial charge in [-0.15, -0.1) is 15.3 Å². The third-order valence-corrected chi connectivity index (χ3v) is 3.14. The Kier molecular flexibility index (Phi) is 4.82. The highest BCUT2D eigenvalue weighted by atomic mass is 19.4. The van der Waals surface area contributed by atoms with Crippen LogP contribution in [0.3, 0.4) is 0 Å². The number of nitrogens with one attached hydrogen (secondary N) is 1. The van der Waals surface area contributed by atoms with Gasteiger partial charge in [0, 0.05) is 18.8 Å². The second-order valence-corrected chi connectivity index (χ2v) is 5.11. The van der Waals surface area contributed by atoms with Crippen molar-refractivity contribution in [3.05, 3.63) is 41.9 Å². The standard InChI is InChI=1S/C14H11F5N6O/c15-12(16)13-23-22-10-2-1-9(24-25(10)13)21-6-8-3-4-20-11(5-8)26-7-14(17,18)19/h1-5,12H,6-7H2,(H,21,24). The van der Waals surface area contributed by atoms with Crippen LogP contribution >= 0.6 is 0 Å². The maximum absolute atomic E-state index is 12.8. The fourth-order valence-corrected chi connectivity index (χ4v) is 2.02. The Balaban J connectivity index is 1.69. The molecule has 0 aliphatic carbocycles. The van der Waals surface area contributed by atoms with Crippen LogP contribution in [0.25, 0.3) is 5.65 Å². The minimum Gasteiger partial charge on any atom is -0.468 e. The Labute approximate surface area is 142 Å². The normalized spacial score (nSPS) is 11.9. The molecular weight excluding hydrogens is 363 g/mol. The van der Waals surface area contributed by atoms with Gasteiger partial charge in [-0.2, -0.15) is 17.7 Å². The number of ether oxygens (including phenoxy) is 1. The van der Waals surface area contributed by atoms with Crippen LogP contribution in [0.1, 0.15) is 17.8 Å². The smallest absolute Gasteiger partial charge is 0.422 e. The lowest BCUT2D eigenvalue weighted by Gasteiger charge is -2.10. The second kappa shape index (κ2) is 7.06. The predicted molar refractivity (Wildman–Crippen MR) is 78.9 cm³/mol. The Morgan fingerprint density at radius 2 is 1.96 bits per heavy atom. The Hall–Kier alpha value is -3.05.